The number of nitrogens with one attached hydrogen (secondary N) is 1. The zero-order valence-electron chi connectivity index (χ0n) is 18.4. The summed E-state index contributed by atoms with van der Waals surface area (Å²) in [5.41, 5.74) is 9.00. The summed E-state index contributed by atoms with van der Waals surface area (Å²) >= 11 is 1.64. The van der Waals surface area contributed by atoms with Crippen molar-refractivity contribution in [2.75, 3.05) is 23.3 Å². The molecule has 4 heterocycles. The fraction of sp³-hybridized carbons (Fsp3) is 0.391. The highest BCUT2D eigenvalue weighted by atomic mass is 32.1. The molecule has 3 N–H and O–H groups in total. The molecule has 2 unspecified atom stereocenters. The summed E-state index contributed by atoms with van der Waals surface area (Å²) in [5.74, 6) is 0.329. The summed E-state index contributed by atoms with van der Waals surface area (Å²) in [6, 6.07) is 5.53. The number of carbonyl (C=O) groups excluding carboxylic acids is 2. The molecule has 0 aliphatic carbocycles. The molecule has 0 radical (unpaired) electrons. The molecule has 3 aromatic heterocycles. The van der Waals surface area contributed by atoms with Crippen molar-refractivity contribution in [3.05, 3.63) is 47.2 Å². The standard InChI is InChI=1S/C23H27N5O3S/c1-13(2)16-12-32-20-5-4-17(26-21(16)20)22(29)27-18-9-25-7-6-19(18)28-10-14(3)8-15(11-28)31-23(24)30/h4-7,9,12-15H,8,10-11H2,1-3H3,(H2,24,30)(H,27,29). The first kappa shape index (κ1) is 22.0. The third kappa shape index (κ3) is 4.67. The Hall–Kier alpha value is -3.20. The van der Waals surface area contributed by atoms with Gasteiger partial charge in [-0.3, -0.25) is 9.78 Å². The highest BCUT2D eigenvalue weighted by Gasteiger charge is 2.28. The molecule has 0 bridgehead atoms. The number of piperidine rings is 1. The Morgan fingerprint density at radius 3 is 2.84 bits per heavy atom. The van der Waals surface area contributed by atoms with Gasteiger partial charge in [0.1, 0.15) is 11.8 Å². The van der Waals surface area contributed by atoms with E-state index in [9.17, 15) is 9.59 Å². The van der Waals surface area contributed by atoms with E-state index < -0.39 is 6.09 Å². The smallest absolute Gasteiger partial charge is 0.404 e. The Balaban J connectivity index is 1.58. The largest absolute Gasteiger partial charge is 0.445 e. The molecule has 4 rings (SSSR count). The molecule has 1 aliphatic rings. The van der Waals surface area contributed by atoms with Crippen LogP contribution in [0.3, 0.4) is 0 Å². The SMILES string of the molecule is CC1CC(OC(N)=O)CN(c2ccncc2NC(=O)c2ccc3scc(C(C)C)c3n2)C1. The van der Waals surface area contributed by atoms with E-state index in [0.717, 1.165) is 34.4 Å². The number of pyridine rings is 2. The van der Waals surface area contributed by atoms with Crippen molar-refractivity contribution < 1.29 is 14.3 Å². The van der Waals surface area contributed by atoms with E-state index in [4.69, 9.17) is 10.5 Å². The predicted octanol–water partition coefficient (Wildman–Crippen LogP) is 4.38. The number of aromatic nitrogens is 2. The van der Waals surface area contributed by atoms with Crippen LogP contribution in [0, 0.1) is 5.92 Å². The average molecular weight is 454 g/mol. The van der Waals surface area contributed by atoms with Crippen molar-refractivity contribution in [3.8, 4) is 0 Å². The molecule has 3 aromatic rings. The van der Waals surface area contributed by atoms with Gasteiger partial charge in [0.15, 0.2) is 0 Å². The van der Waals surface area contributed by atoms with Gasteiger partial charge in [-0.2, -0.15) is 0 Å². The van der Waals surface area contributed by atoms with Crippen LogP contribution in [0.25, 0.3) is 10.2 Å². The molecule has 1 fully saturated rings. The number of amides is 2. The second kappa shape index (κ2) is 9.12. The molecular weight excluding hydrogens is 426 g/mol. The number of carbonyl (C=O) groups is 2. The number of nitrogens with two attached hydrogens (primary N) is 1. The van der Waals surface area contributed by atoms with Crippen molar-refractivity contribution in [2.24, 2.45) is 11.7 Å². The summed E-state index contributed by atoms with van der Waals surface area (Å²) in [5, 5.41) is 5.07. The molecule has 32 heavy (non-hydrogen) atoms. The third-order valence-corrected chi connectivity index (χ3v) is 6.55. The van der Waals surface area contributed by atoms with Gasteiger partial charge in [0.2, 0.25) is 0 Å². The molecule has 2 amide bonds. The normalized spacial score (nSPS) is 18.7. The fourth-order valence-corrected chi connectivity index (χ4v) is 5.21. The van der Waals surface area contributed by atoms with Gasteiger partial charge in [0, 0.05) is 12.7 Å². The first-order valence-electron chi connectivity index (χ1n) is 10.7. The van der Waals surface area contributed by atoms with Gasteiger partial charge in [0.05, 0.1) is 34.3 Å². The quantitative estimate of drug-likeness (QED) is 0.593. The Morgan fingerprint density at radius 1 is 1.28 bits per heavy atom. The molecule has 0 spiro atoms. The van der Waals surface area contributed by atoms with Crippen LogP contribution in [0.4, 0.5) is 16.2 Å². The Kier molecular flexibility index (Phi) is 6.27. The number of rotatable bonds is 5. The molecule has 1 aliphatic heterocycles. The number of primary amides is 1. The van der Waals surface area contributed by atoms with E-state index >= 15 is 0 Å². The summed E-state index contributed by atoms with van der Waals surface area (Å²) in [6.07, 6.45) is 2.97. The summed E-state index contributed by atoms with van der Waals surface area (Å²) in [4.78, 5) is 35.2. The minimum Gasteiger partial charge on any atom is -0.445 e. The second-order valence-electron chi connectivity index (χ2n) is 8.54. The highest BCUT2D eigenvalue weighted by molar-refractivity contribution is 7.17. The number of nitrogens with zero attached hydrogens (tertiary/aromatic N) is 3. The van der Waals surface area contributed by atoms with Gasteiger partial charge in [-0.1, -0.05) is 20.8 Å². The highest BCUT2D eigenvalue weighted by Crippen LogP contribution is 2.32. The lowest BCUT2D eigenvalue weighted by molar-refractivity contribution is 0.0855. The first-order valence-corrected chi connectivity index (χ1v) is 11.5. The topological polar surface area (TPSA) is 110 Å². The number of hydrogen-bond acceptors (Lipinski definition) is 7. The Bertz CT molecular complexity index is 1150. The van der Waals surface area contributed by atoms with Crippen LogP contribution in [0.2, 0.25) is 0 Å². The predicted molar refractivity (Wildman–Crippen MR) is 126 cm³/mol. The molecular formula is C23H27N5O3S. The van der Waals surface area contributed by atoms with Crippen molar-refractivity contribution in [3.63, 3.8) is 0 Å². The van der Waals surface area contributed by atoms with Gasteiger partial charge in [-0.05, 0) is 47.4 Å². The van der Waals surface area contributed by atoms with Crippen LogP contribution in [0.1, 0.15) is 49.2 Å². The maximum atomic E-state index is 13.1. The number of thiophene rings is 1. The minimum absolute atomic E-state index is 0.293. The van der Waals surface area contributed by atoms with Gasteiger partial charge in [-0.25, -0.2) is 9.78 Å². The number of hydrogen-bond donors (Lipinski definition) is 2. The Labute approximate surface area is 190 Å². The molecule has 0 aromatic carbocycles. The van der Waals surface area contributed by atoms with Gasteiger partial charge < -0.3 is 20.7 Å². The lowest BCUT2D eigenvalue weighted by atomic mass is 9.97. The monoisotopic (exact) mass is 453 g/mol. The van der Waals surface area contributed by atoms with E-state index in [1.807, 2.05) is 12.1 Å². The lowest BCUT2D eigenvalue weighted by Crippen LogP contribution is -2.45. The van der Waals surface area contributed by atoms with Crippen LogP contribution in [0.15, 0.2) is 36.0 Å². The molecule has 0 saturated carbocycles. The number of ether oxygens (including phenoxy) is 1. The van der Waals surface area contributed by atoms with Gasteiger partial charge in [0.25, 0.3) is 5.91 Å². The van der Waals surface area contributed by atoms with E-state index in [-0.39, 0.29) is 12.0 Å². The summed E-state index contributed by atoms with van der Waals surface area (Å²) in [7, 11) is 0. The van der Waals surface area contributed by atoms with Crippen LogP contribution in [-0.4, -0.2) is 41.2 Å². The zero-order chi connectivity index (χ0) is 22.8. The fourth-order valence-electron chi connectivity index (χ4n) is 4.15. The minimum atomic E-state index is -0.775. The zero-order valence-corrected chi connectivity index (χ0v) is 19.2. The van der Waals surface area contributed by atoms with Crippen molar-refractivity contribution >= 4 is 44.9 Å². The molecule has 8 nitrogen and oxygen atoms in total. The third-order valence-electron chi connectivity index (χ3n) is 5.59. The molecule has 2 atom stereocenters. The first-order chi connectivity index (χ1) is 15.3. The van der Waals surface area contributed by atoms with Crippen LogP contribution < -0.4 is 16.0 Å². The number of fused-ring (bicyclic) bond motifs is 1. The number of anilines is 2. The summed E-state index contributed by atoms with van der Waals surface area (Å²) < 4.78 is 6.32. The van der Waals surface area contributed by atoms with E-state index in [1.165, 1.54) is 0 Å². The van der Waals surface area contributed by atoms with Crippen LogP contribution in [-0.2, 0) is 4.74 Å². The second-order valence-corrected chi connectivity index (χ2v) is 9.45. The summed E-state index contributed by atoms with van der Waals surface area (Å²) in [6.45, 7) is 7.59. The van der Waals surface area contributed by atoms with Crippen molar-refractivity contribution in [2.45, 2.75) is 39.2 Å². The van der Waals surface area contributed by atoms with E-state index in [2.05, 4.69) is 46.3 Å². The van der Waals surface area contributed by atoms with E-state index in [0.29, 0.717) is 29.8 Å². The van der Waals surface area contributed by atoms with Crippen molar-refractivity contribution in [1.82, 2.24) is 9.97 Å². The van der Waals surface area contributed by atoms with Gasteiger partial charge >= 0.3 is 6.09 Å². The van der Waals surface area contributed by atoms with E-state index in [1.54, 1.807) is 29.8 Å². The molecule has 168 valence electrons. The maximum Gasteiger partial charge on any atom is 0.404 e. The lowest BCUT2D eigenvalue weighted by Gasteiger charge is -2.37. The van der Waals surface area contributed by atoms with Crippen molar-refractivity contribution in [1.29, 1.82) is 0 Å². The molecule has 1 saturated heterocycles. The van der Waals surface area contributed by atoms with Crippen LogP contribution in [0.5, 0.6) is 0 Å². The maximum absolute atomic E-state index is 13.1. The Morgan fingerprint density at radius 2 is 2.09 bits per heavy atom. The molecule has 9 heteroatoms. The van der Waals surface area contributed by atoms with Gasteiger partial charge in [-0.15, -0.1) is 11.3 Å². The average Bonchev–Trinajstić information content (AvgIpc) is 3.16. The van der Waals surface area contributed by atoms with Crippen LogP contribution >= 0.6 is 11.3 Å².